The molecule has 1 heterocycles. The summed E-state index contributed by atoms with van der Waals surface area (Å²) in [5.41, 5.74) is 1.08. The van der Waals surface area contributed by atoms with Gasteiger partial charge in [-0.3, -0.25) is 4.57 Å². The van der Waals surface area contributed by atoms with E-state index >= 15 is 0 Å². The summed E-state index contributed by atoms with van der Waals surface area (Å²) in [7, 11) is 0. The van der Waals surface area contributed by atoms with Crippen molar-refractivity contribution < 1.29 is 9.90 Å². The van der Waals surface area contributed by atoms with Crippen LogP contribution in [0.3, 0.4) is 0 Å². The number of nitrogens with one attached hydrogen (secondary N) is 1. The molecule has 5 nitrogen and oxygen atoms in total. The summed E-state index contributed by atoms with van der Waals surface area (Å²) in [5, 5.41) is 9.82. The summed E-state index contributed by atoms with van der Waals surface area (Å²) in [5.74, 6) is 0.0726. The summed E-state index contributed by atoms with van der Waals surface area (Å²) in [4.78, 5) is 26.3. The molecule has 112 valence electrons. The van der Waals surface area contributed by atoms with Crippen LogP contribution in [0.5, 0.6) is 0 Å². The number of aromatic carboxylic acids is 1. The lowest BCUT2D eigenvalue weighted by atomic mass is 10.1. The van der Waals surface area contributed by atoms with Gasteiger partial charge in [-0.05, 0) is 37.1 Å². The van der Waals surface area contributed by atoms with E-state index in [1.165, 1.54) is 6.07 Å². The summed E-state index contributed by atoms with van der Waals surface area (Å²) >= 11 is 1.94. The molecular weight excluding hydrogens is 288 g/mol. The number of benzene rings is 1. The molecule has 1 aliphatic carbocycles. The van der Waals surface area contributed by atoms with E-state index in [2.05, 4.69) is 11.9 Å². The molecule has 2 aromatic rings. The number of nitrogens with zero attached hydrogens (tertiary/aromatic N) is 1. The van der Waals surface area contributed by atoms with Crippen molar-refractivity contribution in [2.24, 2.45) is 0 Å². The third-order valence-electron chi connectivity index (χ3n) is 4.11. The summed E-state index contributed by atoms with van der Waals surface area (Å²) in [6.45, 7) is 2.15. The van der Waals surface area contributed by atoms with Gasteiger partial charge in [0.2, 0.25) is 0 Å². The number of thioether (sulfide) groups is 1. The zero-order valence-corrected chi connectivity index (χ0v) is 12.7. The van der Waals surface area contributed by atoms with Crippen molar-refractivity contribution in [1.82, 2.24) is 9.55 Å². The Kier molecular flexibility index (Phi) is 3.80. The number of hydrogen-bond acceptors (Lipinski definition) is 3. The van der Waals surface area contributed by atoms with Crippen LogP contribution < -0.4 is 5.69 Å². The topological polar surface area (TPSA) is 75.1 Å². The Balaban J connectivity index is 2.04. The van der Waals surface area contributed by atoms with Gasteiger partial charge in [0.1, 0.15) is 0 Å². The molecule has 1 aromatic heterocycles. The summed E-state index contributed by atoms with van der Waals surface area (Å²) in [6.07, 6.45) is 3.06. The number of carboxylic acids is 1. The fourth-order valence-electron chi connectivity index (χ4n) is 3.23. The van der Waals surface area contributed by atoms with Crippen LogP contribution in [0.25, 0.3) is 11.0 Å². The van der Waals surface area contributed by atoms with Gasteiger partial charge < -0.3 is 10.1 Å². The predicted octanol–water partition coefficient (Wildman–Crippen LogP) is 2.87. The maximum absolute atomic E-state index is 12.3. The van der Waals surface area contributed by atoms with Gasteiger partial charge in [0, 0.05) is 11.3 Å². The van der Waals surface area contributed by atoms with Gasteiger partial charge in [-0.1, -0.05) is 13.0 Å². The van der Waals surface area contributed by atoms with Gasteiger partial charge in [-0.2, -0.15) is 11.8 Å². The molecule has 0 aliphatic heterocycles. The minimum absolute atomic E-state index is 0.154. The Morgan fingerprint density at radius 2 is 2.29 bits per heavy atom. The van der Waals surface area contributed by atoms with E-state index in [0.29, 0.717) is 16.3 Å². The van der Waals surface area contributed by atoms with Crippen molar-refractivity contribution >= 4 is 28.8 Å². The van der Waals surface area contributed by atoms with Crippen LogP contribution in [0.4, 0.5) is 0 Å². The van der Waals surface area contributed by atoms with E-state index in [0.717, 1.165) is 25.0 Å². The van der Waals surface area contributed by atoms with E-state index < -0.39 is 5.97 Å². The van der Waals surface area contributed by atoms with Crippen molar-refractivity contribution in [3.05, 3.63) is 34.2 Å². The first-order valence-corrected chi connectivity index (χ1v) is 8.24. The highest BCUT2D eigenvalue weighted by Gasteiger charge is 2.28. The monoisotopic (exact) mass is 306 g/mol. The molecule has 1 aliphatic rings. The van der Waals surface area contributed by atoms with Crippen LogP contribution in [-0.4, -0.2) is 31.6 Å². The average molecular weight is 306 g/mol. The van der Waals surface area contributed by atoms with Crippen molar-refractivity contribution in [3.63, 3.8) is 0 Å². The van der Waals surface area contributed by atoms with Crippen LogP contribution in [-0.2, 0) is 0 Å². The molecular formula is C15H18N2O3S. The highest BCUT2D eigenvalue weighted by molar-refractivity contribution is 7.99. The zero-order valence-electron chi connectivity index (χ0n) is 11.8. The van der Waals surface area contributed by atoms with E-state index in [-0.39, 0.29) is 17.3 Å². The number of rotatable bonds is 4. The number of hydrogen-bond donors (Lipinski definition) is 2. The fraction of sp³-hybridized carbons (Fsp3) is 0.467. The second-order valence-corrected chi connectivity index (χ2v) is 6.93. The second-order valence-electron chi connectivity index (χ2n) is 5.35. The average Bonchev–Trinajstić information content (AvgIpc) is 3.01. The number of fused-ring (bicyclic) bond motifs is 1. The van der Waals surface area contributed by atoms with Crippen LogP contribution >= 0.6 is 11.8 Å². The van der Waals surface area contributed by atoms with Gasteiger partial charge >= 0.3 is 11.7 Å². The Labute approximate surface area is 126 Å². The van der Waals surface area contributed by atoms with E-state index in [1.54, 1.807) is 10.6 Å². The first kappa shape index (κ1) is 14.3. The van der Waals surface area contributed by atoms with E-state index in [4.69, 9.17) is 0 Å². The van der Waals surface area contributed by atoms with Gasteiger partial charge in [-0.15, -0.1) is 0 Å². The molecule has 1 fully saturated rings. The van der Waals surface area contributed by atoms with Crippen molar-refractivity contribution in [2.75, 3.05) is 5.75 Å². The number of aromatic nitrogens is 2. The van der Waals surface area contributed by atoms with E-state index in [9.17, 15) is 14.7 Å². The molecule has 6 heteroatoms. The summed E-state index contributed by atoms with van der Waals surface area (Å²) in [6, 6.07) is 5.21. The third-order valence-corrected chi connectivity index (χ3v) is 5.34. The summed E-state index contributed by atoms with van der Waals surface area (Å²) < 4.78 is 1.75. The van der Waals surface area contributed by atoms with Gasteiger partial charge in [0.25, 0.3) is 0 Å². The minimum Gasteiger partial charge on any atom is -0.478 e. The van der Waals surface area contributed by atoms with Crippen molar-refractivity contribution in [1.29, 1.82) is 0 Å². The third kappa shape index (κ3) is 2.48. The number of carboxylic acid groups (broad SMARTS) is 1. The lowest BCUT2D eigenvalue weighted by molar-refractivity contribution is 0.0699. The Hall–Kier alpha value is -1.69. The van der Waals surface area contributed by atoms with Crippen molar-refractivity contribution in [2.45, 2.75) is 37.5 Å². The van der Waals surface area contributed by atoms with Crippen molar-refractivity contribution in [3.8, 4) is 0 Å². The van der Waals surface area contributed by atoms with E-state index in [1.807, 2.05) is 17.8 Å². The zero-order chi connectivity index (χ0) is 15.0. The molecule has 3 rings (SSSR count). The molecule has 21 heavy (non-hydrogen) atoms. The van der Waals surface area contributed by atoms with Gasteiger partial charge in [-0.25, -0.2) is 9.59 Å². The molecule has 1 aromatic carbocycles. The maximum Gasteiger partial charge on any atom is 0.337 e. The Bertz CT molecular complexity index is 734. The molecule has 0 spiro atoms. The largest absolute Gasteiger partial charge is 0.478 e. The van der Waals surface area contributed by atoms with Crippen LogP contribution in [0.15, 0.2) is 23.0 Å². The molecule has 0 radical (unpaired) electrons. The minimum atomic E-state index is -1.01. The second kappa shape index (κ2) is 5.60. The normalized spacial score (nSPS) is 22.0. The Morgan fingerprint density at radius 1 is 1.48 bits per heavy atom. The van der Waals surface area contributed by atoms with Gasteiger partial charge in [0.05, 0.1) is 16.6 Å². The Morgan fingerprint density at radius 3 is 3.00 bits per heavy atom. The first-order chi connectivity index (χ1) is 10.1. The number of para-hydroxylation sites is 1. The lowest BCUT2D eigenvalue weighted by Gasteiger charge is -2.12. The molecule has 2 unspecified atom stereocenters. The fourth-order valence-corrected chi connectivity index (χ4v) is 4.36. The SMILES string of the molecule is CCSC1CCC(n2c(=O)[nH]c3c(C(=O)O)cccc32)C1. The highest BCUT2D eigenvalue weighted by atomic mass is 32.2. The number of imidazole rings is 1. The number of carbonyl (C=O) groups is 1. The molecule has 2 N–H and O–H groups in total. The molecule has 0 saturated heterocycles. The standard InChI is InChI=1S/C15H18N2O3S/c1-2-21-10-7-6-9(8-10)17-12-5-3-4-11(14(18)19)13(12)16-15(17)20/h3-5,9-10H,2,6-8H2,1H3,(H,16,20)(H,18,19). The number of aromatic amines is 1. The van der Waals surface area contributed by atoms with Crippen LogP contribution in [0.2, 0.25) is 0 Å². The van der Waals surface area contributed by atoms with Crippen LogP contribution in [0, 0.1) is 0 Å². The number of H-pyrrole nitrogens is 1. The van der Waals surface area contributed by atoms with Gasteiger partial charge in [0.15, 0.2) is 0 Å². The van der Waals surface area contributed by atoms with Crippen LogP contribution in [0.1, 0.15) is 42.6 Å². The maximum atomic E-state index is 12.3. The predicted molar refractivity (Wildman–Crippen MR) is 84.3 cm³/mol. The quantitative estimate of drug-likeness (QED) is 0.911. The molecule has 0 bridgehead atoms. The molecule has 2 atom stereocenters. The first-order valence-electron chi connectivity index (χ1n) is 7.20. The molecule has 0 amide bonds. The highest BCUT2D eigenvalue weighted by Crippen LogP contribution is 2.37. The molecule has 1 saturated carbocycles. The smallest absolute Gasteiger partial charge is 0.337 e. The lowest BCUT2D eigenvalue weighted by Crippen LogP contribution is -2.20.